The van der Waals surface area contributed by atoms with Gasteiger partial charge in [0.1, 0.15) is 6.61 Å². The zero-order valence-corrected chi connectivity index (χ0v) is 10.8. The zero-order chi connectivity index (χ0) is 11.2. The number of ether oxygens (including phenoxy) is 1. The molecule has 84 valence electrons. The van der Waals surface area contributed by atoms with Crippen LogP contribution in [-0.2, 0) is 4.74 Å². The number of rotatable bonds is 5. The molecule has 0 heterocycles. The van der Waals surface area contributed by atoms with Crippen molar-refractivity contribution < 1.29 is 9.53 Å². The molecule has 1 atom stereocenters. The maximum atomic E-state index is 11.5. The summed E-state index contributed by atoms with van der Waals surface area (Å²) in [5, 5.41) is 2.94. The second kappa shape index (κ2) is 6.36. The number of carbonyl (C=O) groups excluding carboxylic acids is 1. The summed E-state index contributed by atoms with van der Waals surface area (Å²) in [6.07, 6.45) is 0.931. The van der Waals surface area contributed by atoms with Crippen molar-refractivity contribution in [2.24, 2.45) is 5.41 Å². The average molecular weight is 219 g/mol. The van der Waals surface area contributed by atoms with Gasteiger partial charge in [0.05, 0.1) is 0 Å². The Balaban J connectivity index is 3.77. The van der Waals surface area contributed by atoms with Crippen LogP contribution in [0.15, 0.2) is 0 Å². The molecule has 0 aliphatic heterocycles. The third kappa shape index (κ3) is 7.28. The first kappa shape index (κ1) is 13.9. The van der Waals surface area contributed by atoms with E-state index in [1.807, 2.05) is 13.7 Å². The Bertz CT molecular complexity index is 177. The lowest BCUT2D eigenvalue weighted by atomic mass is 10.0. The van der Waals surface area contributed by atoms with Crippen molar-refractivity contribution >= 4 is 13.6 Å². The van der Waals surface area contributed by atoms with Gasteiger partial charge in [0.15, 0.2) is 0 Å². The molecule has 0 saturated carbocycles. The largest absolute Gasteiger partial charge is 0.461 e. The van der Waals surface area contributed by atoms with E-state index in [0.29, 0.717) is 6.61 Å². The molecule has 4 heteroatoms. The molecule has 0 aliphatic rings. The highest BCUT2D eigenvalue weighted by atomic mass is 31.1. The van der Waals surface area contributed by atoms with E-state index in [4.69, 9.17) is 4.74 Å². The van der Waals surface area contributed by atoms with Gasteiger partial charge in [0, 0.05) is 14.5 Å². The first-order chi connectivity index (χ1) is 6.37. The van der Waals surface area contributed by atoms with E-state index in [2.05, 4.69) is 26.1 Å². The minimum atomic E-state index is -0.635. The molecule has 0 bridgehead atoms. The molecule has 14 heavy (non-hydrogen) atoms. The summed E-state index contributed by atoms with van der Waals surface area (Å²) in [5.74, 6) is 0. The molecular formula is C10H22NO2P. The molecule has 0 spiro atoms. The number of hydrogen-bond donors (Lipinski definition) is 1. The SMILES string of the molecule is CNCCOC(=O)P(C)CC(C)(C)C. The van der Waals surface area contributed by atoms with Crippen LogP contribution in [0.1, 0.15) is 20.8 Å². The highest BCUT2D eigenvalue weighted by molar-refractivity contribution is 7.73. The van der Waals surface area contributed by atoms with Gasteiger partial charge in [-0.05, 0) is 25.3 Å². The second-order valence-electron chi connectivity index (χ2n) is 4.63. The number of nitrogens with one attached hydrogen (secondary N) is 1. The van der Waals surface area contributed by atoms with Gasteiger partial charge in [-0.1, -0.05) is 20.8 Å². The number of carbonyl (C=O) groups is 1. The van der Waals surface area contributed by atoms with Gasteiger partial charge in [-0.2, -0.15) is 0 Å². The molecule has 0 rings (SSSR count). The summed E-state index contributed by atoms with van der Waals surface area (Å²) in [6, 6.07) is 0. The van der Waals surface area contributed by atoms with Crippen LogP contribution in [0, 0.1) is 5.41 Å². The summed E-state index contributed by atoms with van der Waals surface area (Å²) in [4.78, 5) is 11.5. The molecule has 0 aromatic carbocycles. The lowest BCUT2D eigenvalue weighted by molar-refractivity contribution is 0.174. The van der Waals surface area contributed by atoms with E-state index in [0.717, 1.165) is 12.7 Å². The summed E-state index contributed by atoms with van der Waals surface area (Å²) in [5.41, 5.74) is 0.188. The maximum Gasteiger partial charge on any atom is 0.325 e. The van der Waals surface area contributed by atoms with Crippen molar-refractivity contribution in [1.29, 1.82) is 0 Å². The molecule has 1 unspecified atom stereocenters. The van der Waals surface area contributed by atoms with E-state index in [1.165, 1.54) is 0 Å². The maximum absolute atomic E-state index is 11.5. The molecule has 0 aromatic rings. The van der Waals surface area contributed by atoms with Crippen LogP contribution in [0.3, 0.4) is 0 Å². The van der Waals surface area contributed by atoms with Gasteiger partial charge < -0.3 is 10.1 Å². The van der Waals surface area contributed by atoms with Crippen LogP contribution in [-0.4, -0.2) is 38.7 Å². The molecule has 0 aromatic heterocycles. The van der Waals surface area contributed by atoms with Crippen LogP contribution in [0.25, 0.3) is 0 Å². The van der Waals surface area contributed by atoms with E-state index in [9.17, 15) is 4.79 Å². The lowest BCUT2D eigenvalue weighted by Crippen LogP contribution is -2.18. The van der Waals surface area contributed by atoms with Crippen molar-refractivity contribution in [2.45, 2.75) is 20.8 Å². The summed E-state index contributed by atoms with van der Waals surface area (Å²) in [7, 11) is 1.21. The van der Waals surface area contributed by atoms with Crippen LogP contribution in [0.2, 0.25) is 0 Å². The van der Waals surface area contributed by atoms with Crippen LogP contribution >= 0.6 is 7.92 Å². The fourth-order valence-electron chi connectivity index (χ4n) is 1.13. The standard InChI is InChI=1S/C10H22NO2P/c1-10(2,3)8-14(5)9(12)13-7-6-11-4/h11H,6-8H2,1-5H3. The van der Waals surface area contributed by atoms with Crippen molar-refractivity contribution in [1.82, 2.24) is 5.32 Å². The fourth-order valence-corrected chi connectivity index (χ4v) is 2.99. The Labute approximate surface area is 88.3 Å². The lowest BCUT2D eigenvalue weighted by Gasteiger charge is -2.22. The summed E-state index contributed by atoms with van der Waals surface area (Å²) >= 11 is 0. The normalized spacial score (nSPS) is 13.8. The monoisotopic (exact) mass is 219 g/mol. The Morgan fingerprint density at radius 2 is 2.00 bits per heavy atom. The van der Waals surface area contributed by atoms with Crippen molar-refractivity contribution in [2.75, 3.05) is 33.0 Å². The van der Waals surface area contributed by atoms with E-state index in [1.54, 1.807) is 0 Å². The zero-order valence-electron chi connectivity index (χ0n) is 9.89. The smallest absolute Gasteiger partial charge is 0.325 e. The average Bonchev–Trinajstić information content (AvgIpc) is 2.01. The minimum Gasteiger partial charge on any atom is -0.461 e. The summed E-state index contributed by atoms with van der Waals surface area (Å²) in [6.45, 7) is 9.63. The third-order valence-corrected chi connectivity index (χ3v) is 3.78. The van der Waals surface area contributed by atoms with Gasteiger partial charge in [0.2, 0.25) is 0 Å². The van der Waals surface area contributed by atoms with Gasteiger partial charge in [0.25, 0.3) is 0 Å². The summed E-state index contributed by atoms with van der Waals surface area (Å²) < 4.78 is 5.12. The highest BCUT2D eigenvalue weighted by Gasteiger charge is 2.21. The van der Waals surface area contributed by atoms with Crippen LogP contribution < -0.4 is 5.32 Å². The van der Waals surface area contributed by atoms with Crippen molar-refractivity contribution in [3.63, 3.8) is 0 Å². The highest BCUT2D eigenvalue weighted by Crippen LogP contribution is 2.39. The molecule has 3 nitrogen and oxygen atoms in total. The molecule has 1 N–H and O–H groups in total. The van der Waals surface area contributed by atoms with E-state index in [-0.39, 0.29) is 11.1 Å². The Morgan fingerprint density at radius 3 is 2.43 bits per heavy atom. The molecule has 0 radical (unpaired) electrons. The van der Waals surface area contributed by atoms with Gasteiger partial charge in [-0.25, -0.2) is 4.79 Å². The third-order valence-electron chi connectivity index (χ3n) is 1.60. The quantitative estimate of drug-likeness (QED) is 0.570. The molecule has 0 saturated heterocycles. The Kier molecular flexibility index (Phi) is 6.30. The molecule has 0 fully saturated rings. The van der Waals surface area contributed by atoms with Gasteiger partial charge >= 0.3 is 5.71 Å². The predicted octanol–water partition coefficient (Wildman–Crippen LogP) is 2.50. The minimum absolute atomic E-state index is 0.0230. The predicted molar refractivity (Wildman–Crippen MR) is 62.4 cm³/mol. The van der Waals surface area contributed by atoms with Crippen LogP contribution in [0.4, 0.5) is 4.79 Å². The number of likely N-dealkylation sites (N-methyl/N-ethyl adjacent to an activating group) is 1. The van der Waals surface area contributed by atoms with Crippen molar-refractivity contribution in [3.05, 3.63) is 0 Å². The molecule has 0 amide bonds. The first-order valence-electron chi connectivity index (χ1n) is 4.89. The Morgan fingerprint density at radius 1 is 1.43 bits per heavy atom. The fraction of sp³-hybridized carbons (Fsp3) is 0.900. The first-order valence-corrected chi connectivity index (χ1v) is 6.87. The molecule has 0 aliphatic carbocycles. The van der Waals surface area contributed by atoms with Crippen LogP contribution in [0.5, 0.6) is 0 Å². The topological polar surface area (TPSA) is 38.3 Å². The number of hydrogen-bond acceptors (Lipinski definition) is 3. The van der Waals surface area contributed by atoms with E-state index < -0.39 is 7.92 Å². The Hall–Kier alpha value is -0.140. The van der Waals surface area contributed by atoms with Crippen molar-refractivity contribution in [3.8, 4) is 0 Å². The van der Waals surface area contributed by atoms with Gasteiger partial charge in [-0.3, -0.25) is 0 Å². The van der Waals surface area contributed by atoms with E-state index >= 15 is 0 Å². The second-order valence-corrected chi connectivity index (χ2v) is 6.71. The molecular weight excluding hydrogens is 197 g/mol. The van der Waals surface area contributed by atoms with Gasteiger partial charge in [-0.15, -0.1) is 0 Å².